The van der Waals surface area contributed by atoms with Crippen molar-refractivity contribution in [2.75, 3.05) is 19.8 Å². The predicted octanol–water partition coefficient (Wildman–Crippen LogP) is 1.29. The van der Waals surface area contributed by atoms with E-state index in [0.29, 0.717) is 24.2 Å². The first-order valence-electron chi connectivity index (χ1n) is 7.40. The second kappa shape index (κ2) is 7.35. The van der Waals surface area contributed by atoms with Crippen LogP contribution in [0.3, 0.4) is 0 Å². The Morgan fingerprint density at radius 1 is 1.29 bits per heavy atom. The van der Waals surface area contributed by atoms with Gasteiger partial charge in [0.15, 0.2) is 0 Å². The van der Waals surface area contributed by atoms with Gasteiger partial charge in [-0.05, 0) is 37.1 Å². The van der Waals surface area contributed by atoms with Crippen LogP contribution in [0.2, 0.25) is 0 Å². The van der Waals surface area contributed by atoms with Gasteiger partial charge in [0.25, 0.3) is 0 Å². The Morgan fingerprint density at radius 3 is 2.57 bits per heavy atom. The monoisotopic (exact) mass is 312 g/mol. The lowest BCUT2D eigenvalue weighted by Gasteiger charge is -2.12. The average Bonchev–Trinajstić information content (AvgIpc) is 2.91. The number of rotatable bonds is 7. The molecule has 2 rings (SSSR count). The van der Waals surface area contributed by atoms with Crippen molar-refractivity contribution >= 4 is 10.0 Å². The molecule has 1 aromatic carbocycles. The van der Waals surface area contributed by atoms with Crippen LogP contribution in [0.4, 0.5) is 0 Å². The summed E-state index contributed by atoms with van der Waals surface area (Å²) in [5.74, 6) is 0. The van der Waals surface area contributed by atoms with Gasteiger partial charge in [-0.2, -0.15) is 0 Å². The molecule has 1 saturated heterocycles. The Hall–Kier alpha value is -0.950. The third-order valence-electron chi connectivity index (χ3n) is 3.45. The molecule has 1 atom stereocenters. The van der Waals surface area contributed by atoms with Crippen LogP contribution in [0.15, 0.2) is 29.2 Å². The molecule has 0 aliphatic carbocycles. The summed E-state index contributed by atoms with van der Waals surface area (Å²) in [5.41, 5.74) is 1.13. The summed E-state index contributed by atoms with van der Waals surface area (Å²) < 4.78 is 32.3. The molecule has 118 valence electrons. The molecule has 1 aromatic rings. The van der Waals surface area contributed by atoms with Gasteiger partial charge in [-0.1, -0.05) is 26.0 Å². The van der Waals surface area contributed by atoms with Crippen LogP contribution < -0.4 is 10.0 Å². The van der Waals surface area contributed by atoms with Crippen molar-refractivity contribution in [2.45, 2.75) is 43.7 Å². The van der Waals surface area contributed by atoms with E-state index in [4.69, 9.17) is 4.74 Å². The van der Waals surface area contributed by atoms with E-state index in [0.717, 1.165) is 24.9 Å². The van der Waals surface area contributed by atoms with E-state index in [-0.39, 0.29) is 6.04 Å². The van der Waals surface area contributed by atoms with E-state index in [1.807, 2.05) is 12.1 Å². The van der Waals surface area contributed by atoms with Crippen LogP contribution in [0.25, 0.3) is 0 Å². The van der Waals surface area contributed by atoms with Crippen molar-refractivity contribution in [2.24, 2.45) is 0 Å². The van der Waals surface area contributed by atoms with Crippen molar-refractivity contribution < 1.29 is 13.2 Å². The van der Waals surface area contributed by atoms with Gasteiger partial charge < -0.3 is 10.1 Å². The minimum absolute atomic E-state index is 0.107. The maximum absolute atomic E-state index is 12.2. The van der Waals surface area contributed by atoms with Crippen LogP contribution >= 0.6 is 0 Å². The molecule has 1 aliphatic rings. The molecule has 1 heterocycles. The quantitative estimate of drug-likeness (QED) is 0.796. The Balaban J connectivity index is 1.93. The molecule has 0 amide bonds. The molecule has 1 fully saturated rings. The fraction of sp³-hybridized carbons (Fsp3) is 0.600. The van der Waals surface area contributed by atoms with Crippen molar-refractivity contribution in [3.8, 4) is 0 Å². The average molecular weight is 312 g/mol. The zero-order valence-corrected chi connectivity index (χ0v) is 13.4. The van der Waals surface area contributed by atoms with E-state index in [1.165, 1.54) is 0 Å². The first kappa shape index (κ1) is 16.4. The van der Waals surface area contributed by atoms with Gasteiger partial charge >= 0.3 is 0 Å². The maximum Gasteiger partial charge on any atom is 0.240 e. The Kier molecular flexibility index (Phi) is 5.75. The number of hydrogen-bond acceptors (Lipinski definition) is 4. The molecular formula is C15H24N2O3S. The summed E-state index contributed by atoms with van der Waals surface area (Å²) in [5, 5.41) is 3.34. The Bertz CT molecular complexity index is 535. The zero-order chi connectivity index (χ0) is 15.3. The fourth-order valence-electron chi connectivity index (χ4n) is 2.26. The highest BCUT2D eigenvalue weighted by Gasteiger charge is 2.23. The first-order valence-corrected chi connectivity index (χ1v) is 8.88. The van der Waals surface area contributed by atoms with Crippen LogP contribution in [0.5, 0.6) is 0 Å². The molecule has 0 bridgehead atoms. The van der Waals surface area contributed by atoms with E-state index < -0.39 is 10.0 Å². The van der Waals surface area contributed by atoms with Gasteiger partial charge in [0.05, 0.1) is 11.5 Å². The molecule has 0 radical (unpaired) electrons. The number of benzene rings is 1. The molecule has 0 aromatic heterocycles. The van der Waals surface area contributed by atoms with Gasteiger partial charge in [0.2, 0.25) is 10.0 Å². The summed E-state index contributed by atoms with van der Waals surface area (Å²) >= 11 is 0. The third kappa shape index (κ3) is 5.07. The normalized spacial score (nSPS) is 19.3. The van der Waals surface area contributed by atoms with Gasteiger partial charge in [-0.3, -0.25) is 0 Å². The molecule has 2 N–H and O–H groups in total. The van der Waals surface area contributed by atoms with Crippen LogP contribution in [-0.4, -0.2) is 40.3 Å². The van der Waals surface area contributed by atoms with Gasteiger partial charge in [-0.25, -0.2) is 13.1 Å². The number of sulfonamides is 1. The van der Waals surface area contributed by atoms with Crippen LogP contribution in [0, 0.1) is 0 Å². The highest BCUT2D eigenvalue weighted by molar-refractivity contribution is 7.89. The van der Waals surface area contributed by atoms with E-state index >= 15 is 0 Å². The summed E-state index contributed by atoms with van der Waals surface area (Å²) in [6, 6.07) is 7.45. The molecular weight excluding hydrogens is 288 g/mol. The van der Waals surface area contributed by atoms with Crippen LogP contribution in [0.1, 0.15) is 25.8 Å². The van der Waals surface area contributed by atoms with Crippen LogP contribution in [-0.2, 0) is 21.2 Å². The van der Waals surface area contributed by atoms with Crippen molar-refractivity contribution in [3.05, 3.63) is 29.8 Å². The zero-order valence-electron chi connectivity index (χ0n) is 12.6. The minimum Gasteiger partial charge on any atom is -0.380 e. The number of ether oxygens (including phenoxy) is 1. The minimum atomic E-state index is -3.44. The largest absolute Gasteiger partial charge is 0.380 e. The molecule has 1 unspecified atom stereocenters. The second-order valence-corrected chi connectivity index (χ2v) is 7.40. The lowest BCUT2D eigenvalue weighted by atomic mass is 10.1. The molecule has 5 nitrogen and oxygen atoms in total. The second-order valence-electron chi connectivity index (χ2n) is 5.68. The summed E-state index contributed by atoms with van der Waals surface area (Å²) in [4.78, 5) is 0.315. The fourth-order valence-corrected chi connectivity index (χ4v) is 3.51. The smallest absolute Gasteiger partial charge is 0.240 e. The standard InChI is InChI=1S/C15H24N2O3S/c1-12(2)16-9-7-13-3-5-15(6-4-13)21(18,19)17-14-8-10-20-11-14/h3-6,12,14,16-17H,7-11H2,1-2H3. The number of nitrogens with one attached hydrogen (secondary N) is 2. The van der Waals surface area contributed by atoms with E-state index in [2.05, 4.69) is 23.9 Å². The molecule has 6 heteroatoms. The van der Waals surface area contributed by atoms with Crippen molar-refractivity contribution in [1.29, 1.82) is 0 Å². The Morgan fingerprint density at radius 2 is 2.00 bits per heavy atom. The highest BCUT2D eigenvalue weighted by Crippen LogP contribution is 2.13. The summed E-state index contributed by atoms with van der Waals surface area (Å²) in [6.07, 6.45) is 1.63. The third-order valence-corrected chi connectivity index (χ3v) is 4.99. The van der Waals surface area contributed by atoms with E-state index in [9.17, 15) is 8.42 Å². The molecule has 0 saturated carbocycles. The molecule has 0 spiro atoms. The molecule has 21 heavy (non-hydrogen) atoms. The van der Waals surface area contributed by atoms with E-state index in [1.54, 1.807) is 12.1 Å². The van der Waals surface area contributed by atoms with Crippen molar-refractivity contribution in [1.82, 2.24) is 10.0 Å². The summed E-state index contributed by atoms with van der Waals surface area (Å²) in [7, 11) is -3.44. The summed E-state index contributed by atoms with van der Waals surface area (Å²) in [6.45, 7) is 6.18. The maximum atomic E-state index is 12.2. The van der Waals surface area contributed by atoms with Gasteiger partial charge in [0.1, 0.15) is 0 Å². The predicted molar refractivity (Wildman–Crippen MR) is 82.8 cm³/mol. The van der Waals surface area contributed by atoms with Gasteiger partial charge in [-0.15, -0.1) is 0 Å². The topological polar surface area (TPSA) is 67.4 Å². The highest BCUT2D eigenvalue weighted by atomic mass is 32.2. The molecule has 1 aliphatic heterocycles. The Labute approximate surface area is 127 Å². The lowest BCUT2D eigenvalue weighted by Crippen LogP contribution is -2.35. The lowest BCUT2D eigenvalue weighted by molar-refractivity contribution is 0.192. The van der Waals surface area contributed by atoms with Gasteiger partial charge in [0, 0.05) is 18.7 Å². The SMILES string of the molecule is CC(C)NCCc1ccc(S(=O)(=O)NC2CCOC2)cc1. The number of hydrogen-bond donors (Lipinski definition) is 2. The van der Waals surface area contributed by atoms with Crippen molar-refractivity contribution in [3.63, 3.8) is 0 Å². The first-order chi connectivity index (χ1) is 9.97.